The zero-order chi connectivity index (χ0) is 17.2. The molecule has 0 saturated carbocycles. The van der Waals surface area contributed by atoms with Crippen molar-refractivity contribution in [2.45, 2.75) is 4.90 Å². The van der Waals surface area contributed by atoms with Gasteiger partial charge in [0.05, 0.1) is 14.9 Å². The minimum absolute atomic E-state index is 0.000319. The van der Waals surface area contributed by atoms with Gasteiger partial charge in [-0.2, -0.15) is 0 Å². The summed E-state index contributed by atoms with van der Waals surface area (Å²) in [6.07, 6.45) is 0. The second-order valence-corrected chi connectivity index (χ2v) is 7.46. The highest BCUT2D eigenvalue weighted by Crippen LogP contribution is 2.26. The molecular formula is C15H14Cl2N2O3S. The molecule has 23 heavy (non-hydrogen) atoms. The van der Waals surface area contributed by atoms with Gasteiger partial charge in [-0.15, -0.1) is 0 Å². The van der Waals surface area contributed by atoms with E-state index in [1.807, 2.05) is 0 Å². The number of nitrogens with one attached hydrogen (secondary N) is 1. The van der Waals surface area contributed by atoms with Gasteiger partial charge in [-0.25, -0.2) is 8.42 Å². The van der Waals surface area contributed by atoms with Crippen molar-refractivity contribution in [2.75, 3.05) is 18.8 Å². The topological polar surface area (TPSA) is 66.5 Å². The minimum atomic E-state index is -3.79. The number of anilines is 1. The molecule has 1 amide bonds. The van der Waals surface area contributed by atoms with Gasteiger partial charge in [0.1, 0.15) is 0 Å². The summed E-state index contributed by atoms with van der Waals surface area (Å²) in [5.74, 6) is -0.163. The summed E-state index contributed by atoms with van der Waals surface area (Å²) in [5, 5.41) is 0.429. The number of sulfonamides is 1. The summed E-state index contributed by atoms with van der Waals surface area (Å²) in [6, 6.07) is 10.2. The molecule has 0 aliphatic rings. The third-order valence-electron chi connectivity index (χ3n) is 2.99. The average molecular weight is 373 g/mol. The van der Waals surface area contributed by atoms with Crippen LogP contribution in [0.5, 0.6) is 0 Å². The predicted octanol–water partition coefficient (Wildman–Crippen LogP) is 3.50. The van der Waals surface area contributed by atoms with E-state index in [9.17, 15) is 13.2 Å². The molecular weight excluding hydrogens is 359 g/mol. The summed E-state index contributed by atoms with van der Waals surface area (Å²) in [6.45, 7) is 0. The van der Waals surface area contributed by atoms with Crippen molar-refractivity contribution in [3.8, 4) is 0 Å². The van der Waals surface area contributed by atoms with E-state index < -0.39 is 10.0 Å². The van der Waals surface area contributed by atoms with Crippen LogP contribution in [0.25, 0.3) is 0 Å². The number of halogens is 2. The van der Waals surface area contributed by atoms with Crippen molar-refractivity contribution < 1.29 is 13.2 Å². The fourth-order valence-corrected chi connectivity index (χ4v) is 3.24. The van der Waals surface area contributed by atoms with Gasteiger partial charge in [0, 0.05) is 25.3 Å². The highest BCUT2D eigenvalue weighted by molar-refractivity contribution is 7.92. The maximum absolute atomic E-state index is 12.3. The van der Waals surface area contributed by atoms with Crippen molar-refractivity contribution in [3.63, 3.8) is 0 Å². The molecule has 0 fully saturated rings. The first-order valence-corrected chi connectivity index (χ1v) is 8.74. The molecule has 1 N–H and O–H groups in total. The molecule has 0 radical (unpaired) electrons. The monoisotopic (exact) mass is 372 g/mol. The van der Waals surface area contributed by atoms with E-state index in [1.54, 1.807) is 26.2 Å². The van der Waals surface area contributed by atoms with Gasteiger partial charge >= 0.3 is 0 Å². The van der Waals surface area contributed by atoms with Crippen molar-refractivity contribution in [1.82, 2.24) is 4.90 Å². The Balaban J connectivity index is 2.23. The molecule has 0 bridgehead atoms. The first-order chi connectivity index (χ1) is 10.7. The van der Waals surface area contributed by atoms with Crippen LogP contribution in [-0.4, -0.2) is 33.3 Å². The predicted molar refractivity (Wildman–Crippen MR) is 91.7 cm³/mol. The second kappa shape index (κ2) is 6.78. The largest absolute Gasteiger partial charge is 0.345 e. The van der Waals surface area contributed by atoms with E-state index in [2.05, 4.69) is 4.72 Å². The Morgan fingerprint density at radius 2 is 1.61 bits per heavy atom. The van der Waals surface area contributed by atoms with Gasteiger partial charge in [-0.05, 0) is 42.5 Å². The fourth-order valence-electron chi connectivity index (χ4n) is 1.80. The molecule has 8 heteroatoms. The lowest BCUT2D eigenvalue weighted by Crippen LogP contribution is -2.21. The quantitative estimate of drug-likeness (QED) is 0.892. The molecule has 122 valence electrons. The third kappa shape index (κ3) is 4.16. The van der Waals surface area contributed by atoms with Crippen LogP contribution in [0, 0.1) is 0 Å². The van der Waals surface area contributed by atoms with Crippen LogP contribution >= 0.6 is 23.2 Å². The van der Waals surface area contributed by atoms with E-state index in [1.165, 1.54) is 35.2 Å². The van der Waals surface area contributed by atoms with Gasteiger partial charge in [0.2, 0.25) is 0 Å². The Bertz CT molecular complexity index is 834. The van der Waals surface area contributed by atoms with Gasteiger partial charge in [-0.3, -0.25) is 9.52 Å². The minimum Gasteiger partial charge on any atom is -0.345 e. The molecule has 0 saturated heterocycles. The van der Waals surface area contributed by atoms with Crippen LogP contribution < -0.4 is 4.72 Å². The highest BCUT2D eigenvalue weighted by Gasteiger charge is 2.16. The number of benzene rings is 2. The number of carbonyl (C=O) groups excluding carboxylic acids is 1. The normalized spacial score (nSPS) is 11.1. The Morgan fingerprint density at radius 1 is 1.00 bits per heavy atom. The number of carbonyl (C=O) groups is 1. The summed E-state index contributed by atoms with van der Waals surface area (Å²) in [7, 11) is -0.506. The standard InChI is InChI=1S/C15H14Cl2N2O3S/c1-19(2)15(20)10-3-5-11(6-4-10)18-23(21,22)12-7-8-13(16)14(17)9-12/h3-9,18H,1-2H3. The lowest BCUT2D eigenvalue weighted by Gasteiger charge is -2.12. The Kier molecular flexibility index (Phi) is 5.19. The van der Waals surface area contributed by atoms with Crippen LogP contribution in [0.3, 0.4) is 0 Å². The first-order valence-electron chi connectivity index (χ1n) is 6.50. The number of rotatable bonds is 4. The zero-order valence-electron chi connectivity index (χ0n) is 12.4. The van der Waals surface area contributed by atoms with Crippen molar-refractivity contribution in [1.29, 1.82) is 0 Å². The van der Waals surface area contributed by atoms with Crippen LogP contribution in [0.15, 0.2) is 47.4 Å². The Hall–Kier alpha value is -1.76. The van der Waals surface area contributed by atoms with Crippen LogP contribution in [0.2, 0.25) is 10.0 Å². The lowest BCUT2D eigenvalue weighted by molar-refractivity contribution is 0.0827. The molecule has 0 aliphatic carbocycles. The van der Waals surface area contributed by atoms with E-state index in [4.69, 9.17) is 23.2 Å². The van der Waals surface area contributed by atoms with E-state index >= 15 is 0 Å². The molecule has 0 aliphatic heterocycles. The molecule has 0 unspecified atom stereocenters. The summed E-state index contributed by atoms with van der Waals surface area (Å²) < 4.78 is 27.0. The SMILES string of the molecule is CN(C)C(=O)c1ccc(NS(=O)(=O)c2ccc(Cl)c(Cl)c2)cc1. The maximum atomic E-state index is 12.3. The fraction of sp³-hybridized carbons (Fsp3) is 0.133. The van der Waals surface area contributed by atoms with Crippen molar-refractivity contribution >= 4 is 44.8 Å². The lowest BCUT2D eigenvalue weighted by atomic mass is 10.2. The number of hydrogen-bond donors (Lipinski definition) is 1. The van der Waals surface area contributed by atoms with Crippen LogP contribution in [-0.2, 0) is 10.0 Å². The van der Waals surface area contributed by atoms with Gasteiger partial charge in [-0.1, -0.05) is 23.2 Å². The van der Waals surface area contributed by atoms with Crippen LogP contribution in [0.1, 0.15) is 10.4 Å². The second-order valence-electron chi connectivity index (χ2n) is 4.96. The molecule has 0 aromatic heterocycles. The van der Waals surface area contributed by atoms with E-state index in [0.717, 1.165) is 0 Å². The molecule has 0 atom stereocenters. The summed E-state index contributed by atoms with van der Waals surface area (Å²) in [5.41, 5.74) is 0.805. The van der Waals surface area contributed by atoms with Gasteiger partial charge in [0.15, 0.2) is 0 Å². The highest BCUT2D eigenvalue weighted by atomic mass is 35.5. The van der Waals surface area contributed by atoms with Crippen molar-refractivity contribution in [3.05, 3.63) is 58.1 Å². The molecule has 2 aromatic rings. The third-order valence-corrected chi connectivity index (χ3v) is 5.11. The summed E-state index contributed by atoms with van der Waals surface area (Å²) >= 11 is 11.6. The van der Waals surface area contributed by atoms with Crippen LogP contribution in [0.4, 0.5) is 5.69 Å². The molecule has 0 heterocycles. The maximum Gasteiger partial charge on any atom is 0.261 e. The Labute approximate surface area is 144 Å². The van der Waals surface area contributed by atoms with Gasteiger partial charge in [0.25, 0.3) is 15.9 Å². The smallest absolute Gasteiger partial charge is 0.261 e. The molecule has 5 nitrogen and oxygen atoms in total. The molecule has 0 spiro atoms. The summed E-state index contributed by atoms with van der Waals surface area (Å²) in [4.78, 5) is 13.2. The zero-order valence-corrected chi connectivity index (χ0v) is 14.7. The Morgan fingerprint density at radius 3 is 2.13 bits per heavy atom. The molecule has 2 rings (SSSR count). The number of amides is 1. The van der Waals surface area contributed by atoms with Gasteiger partial charge < -0.3 is 4.90 Å². The van der Waals surface area contributed by atoms with E-state index in [0.29, 0.717) is 11.3 Å². The first kappa shape index (κ1) is 17.6. The average Bonchev–Trinajstić information content (AvgIpc) is 2.49. The molecule has 2 aromatic carbocycles. The number of hydrogen-bond acceptors (Lipinski definition) is 3. The number of nitrogens with zero attached hydrogens (tertiary/aromatic N) is 1. The van der Waals surface area contributed by atoms with E-state index in [-0.39, 0.29) is 20.8 Å². The van der Waals surface area contributed by atoms with Crippen molar-refractivity contribution in [2.24, 2.45) is 0 Å².